The molecular weight excluding hydrogens is 963 g/mol. The summed E-state index contributed by atoms with van der Waals surface area (Å²) in [4.78, 5) is 25.9. The van der Waals surface area contributed by atoms with Crippen LogP contribution in [0.1, 0.15) is 0 Å². The molecule has 5 aromatic heterocycles. The van der Waals surface area contributed by atoms with Gasteiger partial charge in [-0.05, 0) is 88.0 Å². The van der Waals surface area contributed by atoms with Gasteiger partial charge >= 0.3 is 0 Å². The molecule has 0 radical (unpaired) electrons. The summed E-state index contributed by atoms with van der Waals surface area (Å²) in [6.45, 7) is 0. The lowest BCUT2D eigenvalue weighted by atomic mass is 9.92. The number of thiophene rings is 2. The number of aromatic nitrogens is 5. The van der Waals surface area contributed by atoms with Gasteiger partial charge in [-0.25, -0.2) is 24.9 Å². The Hall–Kier alpha value is -9.53. The molecule has 0 unspecified atom stereocenters. The van der Waals surface area contributed by atoms with E-state index < -0.39 is 0 Å². The molecule has 0 aliphatic heterocycles. The van der Waals surface area contributed by atoms with Crippen LogP contribution in [0.25, 0.3) is 152 Å². The molecule has 0 N–H and O–H groups in total. The van der Waals surface area contributed by atoms with E-state index >= 15 is 0 Å². The summed E-state index contributed by atoms with van der Waals surface area (Å²) in [5, 5.41) is 7.18. The average Bonchev–Trinajstić information content (AvgIpc) is 4.11. The second kappa shape index (κ2) is 18.1. The van der Waals surface area contributed by atoms with Gasteiger partial charge in [0.2, 0.25) is 0 Å². The van der Waals surface area contributed by atoms with E-state index in [0.717, 1.165) is 88.8 Å². The van der Waals surface area contributed by atoms with E-state index in [1.807, 2.05) is 35.6 Å². The zero-order valence-electron chi connectivity index (χ0n) is 40.7. The Morgan fingerprint density at radius 1 is 0.237 bits per heavy atom. The first-order valence-electron chi connectivity index (χ1n) is 25.4. The van der Waals surface area contributed by atoms with Crippen LogP contribution < -0.4 is 0 Å². The van der Waals surface area contributed by atoms with E-state index in [2.05, 4.69) is 224 Å². The number of rotatable bonds is 8. The third kappa shape index (κ3) is 7.80. The molecule has 5 heterocycles. The van der Waals surface area contributed by atoms with Crippen LogP contribution in [0.2, 0.25) is 0 Å². The zero-order valence-corrected chi connectivity index (χ0v) is 42.4. The van der Waals surface area contributed by atoms with Crippen LogP contribution in [-0.4, -0.2) is 24.9 Å². The molecule has 76 heavy (non-hydrogen) atoms. The predicted octanol–water partition coefficient (Wildman–Crippen LogP) is 19.0. The Morgan fingerprint density at radius 3 is 1.36 bits per heavy atom. The fourth-order valence-corrected chi connectivity index (χ4v) is 13.0. The third-order valence-corrected chi connectivity index (χ3v) is 16.8. The van der Waals surface area contributed by atoms with Crippen molar-refractivity contribution in [1.82, 2.24) is 24.9 Å². The van der Waals surface area contributed by atoms with Crippen LogP contribution in [-0.2, 0) is 0 Å². The summed E-state index contributed by atoms with van der Waals surface area (Å²) < 4.78 is 5.03. The fourth-order valence-electron chi connectivity index (χ4n) is 10.7. The van der Waals surface area contributed by atoms with Crippen molar-refractivity contribution in [2.75, 3.05) is 0 Å². The predicted molar refractivity (Wildman–Crippen MR) is 320 cm³/mol. The van der Waals surface area contributed by atoms with Crippen molar-refractivity contribution in [2.24, 2.45) is 0 Å². The standard InChI is InChI=1S/C69H41N5S2/c1-3-12-45(13-4-1)58-36-33-46-28-29-47-34-37-59(71-66(47)65(46)70-58)53-39-51(38-52(40-53)54-18-11-21-62-64(54)57-17-8-10-20-61(57)75-62)44-24-22-42(23-25-44)43-26-30-49(31-27-43)68-72-67(48-14-5-2-6-15-48)73-69(74-68)50-32-35-56-55-16-7-9-19-60(55)76-63(56)41-50/h1-41H. The first kappa shape index (κ1) is 44.0. The Kier molecular flexibility index (Phi) is 10.5. The molecule has 15 aromatic rings. The number of fused-ring (bicyclic) bond motifs is 9. The van der Waals surface area contributed by atoms with Crippen LogP contribution in [0.4, 0.5) is 0 Å². The van der Waals surface area contributed by atoms with Crippen molar-refractivity contribution < 1.29 is 0 Å². The maximum atomic E-state index is 5.45. The van der Waals surface area contributed by atoms with Gasteiger partial charge in [-0.3, -0.25) is 0 Å². The largest absolute Gasteiger partial charge is 0.245 e. The third-order valence-electron chi connectivity index (χ3n) is 14.5. The van der Waals surface area contributed by atoms with Crippen LogP contribution in [0, 0.1) is 0 Å². The highest BCUT2D eigenvalue weighted by atomic mass is 32.1. The zero-order chi connectivity index (χ0) is 50.1. The van der Waals surface area contributed by atoms with Crippen molar-refractivity contribution in [3.05, 3.63) is 249 Å². The van der Waals surface area contributed by atoms with Crippen molar-refractivity contribution >= 4 is 84.8 Å². The van der Waals surface area contributed by atoms with E-state index in [1.54, 1.807) is 11.3 Å². The Morgan fingerprint density at radius 2 is 0.684 bits per heavy atom. The number of nitrogens with zero attached hydrogens (tertiary/aromatic N) is 5. The van der Waals surface area contributed by atoms with Gasteiger partial charge in [0.25, 0.3) is 0 Å². The lowest BCUT2D eigenvalue weighted by Gasteiger charge is -2.14. The minimum atomic E-state index is 0.631. The molecule has 354 valence electrons. The lowest BCUT2D eigenvalue weighted by molar-refractivity contribution is 1.07. The van der Waals surface area contributed by atoms with Gasteiger partial charge in [0.1, 0.15) is 0 Å². The van der Waals surface area contributed by atoms with E-state index in [1.165, 1.54) is 45.9 Å². The van der Waals surface area contributed by atoms with Gasteiger partial charge in [0.15, 0.2) is 17.5 Å². The van der Waals surface area contributed by atoms with Crippen LogP contribution in [0.15, 0.2) is 249 Å². The molecule has 10 aromatic carbocycles. The van der Waals surface area contributed by atoms with Gasteiger partial charge in [-0.15, -0.1) is 22.7 Å². The monoisotopic (exact) mass is 1000 g/mol. The molecule has 0 amide bonds. The summed E-state index contributed by atoms with van der Waals surface area (Å²) in [5.41, 5.74) is 15.3. The second-order valence-electron chi connectivity index (χ2n) is 19.2. The van der Waals surface area contributed by atoms with Gasteiger partial charge in [-0.2, -0.15) is 0 Å². The highest BCUT2D eigenvalue weighted by Gasteiger charge is 2.18. The maximum absolute atomic E-state index is 5.45. The van der Waals surface area contributed by atoms with Crippen LogP contribution in [0.5, 0.6) is 0 Å². The molecule has 0 saturated heterocycles. The highest BCUT2D eigenvalue weighted by molar-refractivity contribution is 7.26. The van der Waals surface area contributed by atoms with E-state index in [-0.39, 0.29) is 0 Å². The van der Waals surface area contributed by atoms with Crippen molar-refractivity contribution in [3.63, 3.8) is 0 Å². The molecular formula is C69H41N5S2. The first-order valence-corrected chi connectivity index (χ1v) is 27.0. The molecule has 0 saturated carbocycles. The molecule has 0 atom stereocenters. The summed E-state index contributed by atoms with van der Waals surface area (Å²) in [7, 11) is 0. The number of pyridine rings is 2. The van der Waals surface area contributed by atoms with Crippen molar-refractivity contribution in [3.8, 4) is 90.1 Å². The van der Waals surface area contributed by atoms with Gasteiger partial charge < -0.3 is 0 Å². The summed E-state index contributed by atoms with van der Waals surface area (Å²) in [6.07, 6.45) is 0. The Bertz CT molecular complexity index is 4740. The van der Waals surface area contributed by atoms with Crippen LogP contribution in [0.3, 0.4) is 0 Å². The average molecular weight is 1000 g/mol. The summed E-state index contributed by atoms with van der Waals surface area (Å²) in [6, 6.07) is 88.3. The van der Waals surface area contributed by atoms with Crippen LogP contribution >= 0.6 is 22.7 Å². The SMILES string of the molecule is c1ccc(-c2ccc3ccc4ccc(-c5cc(-c6ccc(-c7ccc(-c8nc(-c9ccccc9)nc(-c9ccc%10c(c9)sc9ccccc9%10)n8)cc7)cc6)cc(-c6cccc7sc8ccccc8c67)c5)nc4c3n2)cc1. The smallest absolute Gasteiger partial charge is 0.164 e. The number of hydrogen-bond acceptors (Lipinski definition) is 7. The minimum absolute atomic E-state index is 0.631. The normalized spacial score (nSPS) is 11.7. The highest BCUT2D eigenvalue weighted by Crippen LogP contribution is 2.43. The molecule has 0 aliphatic rings. The quantitative estimate of drug-likeness (QED) is 0.142. The van der Waals surface area contributed by atoms with Gasteiger partial charge in [0, 0.05) is 78.9 Å². The van der Waals surface area contributed by atoms with E-state index in [0.29, 0.717) is 17.5 Å². The van der Waals surface area contributed by atoms with E-state index in [9.17, 15) is 0 Å². The Labute approximate surface area is 445 Å². The molecule has 0 aliphatic carbocycles. The maximum Gasteiger partial charge on any atom is 0.164 e. The topological polar surface area (TPSA) is 64.5 Å². The number of benzene rings is 10. The van der Waals surface area contributed by atoms with Gasteiger partial charge in [-0.1, -0.05) is 194 Å². The number of hydrogen-bond donors (Lipinski definition) is 0. The minimum Gasteiger partial charge on any atom is -0.245 e. The fraction of sp³-hybridized carbons (Fsp3) is 0. The summed E-state index contributed by atoms with van der Waals surface area (Å²) >= 11 is 3.64. The van der Waals surface area contributed by atoms with Gasteiger partial charge in [0.05, 0.1) is 22.4 Å². The lowest BCUT2D eigenvalue weighted by Crippen LogP contribution is -2.00. The molecule has 0 fully saturated rings. The molecule has 15 rings (SSSR count). The van der Waals surface area contributed by atoms with E-state index in [4.69, 9.17) is 24.9 Å². The van der Waals surface area contributed by atoms with Crippen molar-refractivity contribution in [1.29, 1.82) is 0 Å². The molecule has 0 bridgehead atoms. The Balaban J connectivity index is 0.805. The second-order valence-corrected chi connectivity index (χ2v) is 21.3. The molecule has 5 nitrogen and oxygen atoms in total. The summed E-state index contributed by atoms with van der Waals surface area (Å²) in [5.74, 6) is 1.92. The molecule has 0 spiro atoms. The van der Waals surface area contributed by atoms with Crippen molar-refractivity contribution in [2.45, 2.75) is 0 Å². The first-order chi connectivity index (χ1) is 37.6. The molecule has 7 heteroatoms.